The van der Waals surface area contributed by atoms with Crippen LogP contribution in [-0.2, 0) is 14.2 Å². The minimum atomic E-state index is -1.02. The summed E-state index contributed by atoms with van der Waals surface area (Å²) < 4.78 is 17.3. The fraction of sp³-hybridized carbons (Fsp3) is 0.950. The molecule has 47 heavy (non-hydrogen) atoms. The summed E-state index contributed by atoms with van der Waals surface area (Å²) in [6.07, 6.45) is 35.1. The predicted molar refractivity (Wildman–Crippen MR) is 208 cm³/mol. The van der Waals surface area contributed by atoms with Crippen LogP contribution >= 0.6 is 24.4 Å². The van der Waals surface area contributed by atoms with Crippen molar-refractivity contribution in [2.45, 2.75) is 231 Å². The van der Waals surface area contributed by atoms with Crippen LogP contribution in [0.5, 0.6) is 0 Å². The Morgan fingerprint density at radius 3 is 1.26 bits per heavy atom. The molecule has 1 rings (SSSR count). The maximum Gasteiger partial charge on any atom is 0.160 e. The van der Waals surface area contributed by atoms with Gasteiger partial charge in [-0.3, -0.25) is 0 Å². The SMILES string of the molecule is CCCCCCCCCCCCCCCCC(=S)OC[C@H]1OC[C@H](O)[C@@H](OC(=S)CCCCCCCCCCCCCCCC)[C@@H]1O. The van der Waals surface area contributed by atoms with E-state index in [4.69, 9.17) is 38.6 Å². The van der Waals surface area contributed by atoms with Crippen molar-refractivity contribution in [3.8, 4) is 0 Å². The average Bonchev–Trinajstić information content (AvgIpc) is 3.06. The molecule has 0 aromatic rings. The van der Waals surface area contributed by atoms with E-state index in [2.05, 4.69) is 13.8 Å². The molecule has 1 aliphatic rings. The standard InChI is InChI=1S/C40H76O5S2/c1-3-5-7-9-11-13-15-17-19-21-23-25-27-29-31-37(46)44-34-36-39(42)40(35(41)33-43-36)45-38(47)32-30-28-26-24-22-20-18-16-14-12-10-8-6-4-2/h35-36,39-42H,3-34H2,1-2H3/t35-,36+,39+,40+/m0/s1. The quantitative estimate of drug-likeness (QED) is 0.0522. The monoisotopic (exact) mass is 701 g/mol. The Labute approximate surface area is 302 Å². The lowest BCUT2D eigenvalue weighted by molar-refractivity contribution is -0.189. The molecule has 0 saturated carbocycles. The van der Waals surface area contributed by atoms with Crippen molar-refractivity contribution in [1.82, 2.24) is 0 Å². The molecule has 1 fully saturated rings. The first-order valence-electron chi connectivity index (χ1n) is 20.3. The molecule has 4 atom stereocenters. The number of thiocarbonyl (C=S) groups is 2. The summed E-state index contributed by atoms with van der Waals surface area (Å²) in [6, 6.07) is 0. The summed E-state index contributed by atoms with van der Waals surface area (Å²) in [5.41, 5.74) is 0. The smallest absolute Gasteiger partial charge is 0.160 e. The van der Waals surface area contributed by atoms with Crippen LogP contribution in [0.15, 0.2) is 0 Å². The highest BCUT2D eigenvalue weighted by atomic mass is 32.1. The molecule has 2 N–H and O–H groups in total. The maximum atomic E-state index is 10.9. The largest absolute Gasteiger partial charge is 0.484 e. The Hall–Kier alpha value is -0.340. The third kappa shape index (κ3) is 26.2. The van der Waals surface area contributed by atoms with Gasteiger partial charge in [0.15, 0.2) is 16.2 Å². The molecule has 0 amide bonds. The molecule has 0 radical (unpaired) electrons. The van der Waals surface area contributed by atoms with Crippen LogP contribution in [0.3, 0.4) is 0 Å². The van der Waals surface area contributed by atoms with Gasteiger partial charge < -0.3 is 24.4 Å². The van der Waals surface area contributed by atoms with Crippen LogP contribution < -0.4 is 0 Å². The van der Waals surface area contributed by atoms with E-state index >= 15 is 0 Å². The highest BCUT2D eigenvalue weighted by Gasteiger charge is 2.41. The second kappa shape index (κ2) is 32.8. The molecule has 0 bridgehead atoms. The van der Waals surface area contributed by atoms with Gasteiger partial charge in [0.05, 0.1) is 6.61 Å². The van der Waals surface area contributed by atoms with E-state index in [0.29, 0.717) is 16.5 Å². The van der Waals surface area contributed by atoms with Crippen molar-refractivity contribution in [3.63, 3.8) is 0 Å². The highest BCUT2D eigenvalue weighted by molar-refractivity contribution is 7.80. The predicted octanol–water partition coefficient (Wildman–Crippen LogP) is 11.9. The van der Waals surface area contributed by atoms with Crippen LogP contribution in [0, 0.1) is 0 Å². The fourth-order valence-electron chi connectivity index (χ4n) is 6.54. The molecule has 1 heterocycles. The lowest BCUT2D eigenvalue weighted by Crippen LogP contribution is -2.56. The molecular weight excluding hydrogens is 625 g/mol. The maximum absolute atomic E-state index is 10.9. The zero-order valence-electron chi connectivity index (χ0n) is 30.9. The van der Waals surface area contributed by atoms with E-state index in [1.165, 1.54) is 161 Å². The molecule has 0 aromatic carbocycles. The number of ether oxygens (including phenoxy) is 3. The van der Waals surface area contributed by atoms with Gasteiger partial charge in [0.1, 0.15) is 24.9 Å². The minimum absolute atomic E-state index is 0.0863. The van der Waals surface area contributed by atoms with Gasteiger partial charge in [0.25, 0.3) is 0 Å². The summed E-state index contributed by atoms with van der Waals surface area (Å²) in [6.45, 7) is 4.80. The van der Waals surface area contributed by atoms with Crippen molar-refractivity contribution in [2.75, 3.05) is 13.2 Å². The highest BCUT2D eigenvalue weighted by Crippen LogP contribution is 2.22. The molecule has 1 saturated heterocycles. The van der Waals surface area contributed by atoms with Gasteiger partial charge >= 0.3 is 0 Å². The van der Waals surface area contributed by atoms with Crippen LogP contribution in [0.2, 0.25) is 0 Å². The Balaban J connectivity index is 2.03. The van der Waals surface area contributed by atoms with Crippen molar-refractivity contribution in [2.24, 2.45) is 0 Å². The van der Waals surface area contributed by atoms with E-state index in [-0.39, 0.29) is 13.2 Å². The normalized spacial score (nSPS) is 19.6. The third-order valence-corrected chi connectivity index (χ3v) is 10.3. The van der Waals surface area contributed by atoms with Crippen molar-refractivity contribution in [1.29, 1.82) is 0 Å². The van der Waals surface area contributed by atoms with Gasteiger partial charge in [-0.25, -0.2) is 0 Å². The Bertz CT molecular complexity index is 721. The van der Waals surface area contributed by atoms with Crippen LogP contribution in [-0.4, -0.2) is 57.9 Å². The van der Waals surface area contributed by atoms with Crippen LogP contribution in [0.25, 0.3) is 0 Å². The summed E-state index contributed by atoms with van der Waals surface area (Å²) >= 11 is 10.9. The zero-order chi connectivity index (χ0) is 34.2. The minimum Gasteiger partial charge on any atom is -0.484 e. The fourth-order valence-corrected chi connectivity index (χ4v) is 7.00. The third-order valence-electron chi connectivity index (χ3n) is 9.72. The molecular formula is C40H76O5S2. The number of unbranched alkanes of at least 4 members (excludes halogenated alkanes) is 26. The summed E-state index contributed by atoms with van der Waals surface area (Å²) in [4.78, 5) is 0. The van der Waals surface area contributed by atoms with E-state index in [0.717, 1.165) is 25.7 Å². The van der Waals surface area contributed by atoms with Crippen LogP contribution in [0.4, 0.5) is 0 Å². The van der Waals surface area contributed by atoms with Gasteiger partial charge in [-0.15, -0.1) is 0 Å². The van der Waals surface area contributed by atoms with Crippen molar-refractivity contribution >= 4 is 34.5 Å². The van der Waals surface area contributed by atoms with E-state index < -0.39 is 24.4 Å². The van der Waals surface area contributed by atoms with Gasteiger partial charge in [-0.2, -0.15) is 0 Å². The number of rotatable bonds is 33. The molecule has 7 heteroatoms. The molecule has 0 spiro atoms. The van der Waals surface area contributed by atoms with E-state index in [1.807, 2.05) is 0 Å². The topological polar surface area (TPSA) is 68.2 Å². The van der Waals surface area contributed by atoms with E-state index in [9.17, 15) is 10.2 Å². The lowest BCUT2D eigenvalue weighted by Gasteiger charge is -2.37. The molecule has 0 unspecified atom stereocenters. The summed E-state index contributed by atoms with van der Waals surface area (Å²) in [7, 11) is 0. The van der Waals surface area contributed by atoms with Gasteiger partial charge in [-0.05, 0) is 37.3 Å². The first kappa shape index (κ1) is 44.7. The molecule has 0 aromatic heterocycles. The average molecular weight is 701 g/mol. The van der Waals surface area contributed by atoms with Gasteiger partial charge in [0, 0.05) is 12.8 Å². The first-order chi connectivity index (χ1) is 23.0. The molecule has 5 nitrogen and oxygen atoms in total. The summed E-state index contributed by atoms with van der Waals surface area (Å²) in [5.74, 6) is 0. The molecule has 0 aliphatic carbocycles. The van der Waals surface area contributed by atoms with Crippen molar-refractivity contribution < 1.29 is 24.4 Å². The molecule has 278 valence electrons. The zero-order valence-corrected chi connectivity index (χ0v) is 32.5. The lowest BCUT2D eigenvalue weighted by atomic mass is 10.00. The molecule has 1 aliphatic heterocycles. The van der Waals surface area contributed by atoms with Gasteiger partial charge in [0.2, 0.25) is 0 Å². The number of aliphatic hydroxyl groups excluding tert-OH is 2. The van der Waals surface area contributed by atoms with Crippen LogP contribution in [0.1, 0.15) is 206 Å². The van der Waals surface area contributed by atoms with Gasteiger partial charge in [-0.1, -0.05) is 181 Å². The summed E-state index contributed by atoms with van der Waals surface area (Å²) in [5, 5.41) is 22.3. The number of hydrogen-bond donors (Lipinski definition) is 2. The number of aliphatic hydroxyl groups is 2. The second-order valence-electron chi connectivity index (χ2n) is 14.3. The number of hydrogen-bond acceptors (Lipinski definition) is 7. The first-order valence-corrected chi connectivity index (χ1v) is 21.1. The Morgan fingerprint density at radius 1 is 0.532 bits per heavy atom. The second-order valence-corrected chi connectivity index (χ2v) is 15.2. The van der Waals surface area contributed by atoms with E-state index in [1.54, 1.807) is 0 Å². The Kier molecular flexibility index (Phi) is 31.2. The van der Waals surface area contributed by atoms with Crippen molar-refractivity contribution in [3.05, 3.63) is 0 Å². The Morgan fingerprint density at radius 2 is 0.872 bits per heavy atom.